The third-order valence-corrected chi connectivity index (χ3v) is 10.2. The fraction of sp³-hybridized carbons (Fsp3) is 0.750. The van der Waals surface area contributed by atoms with Crippen molar-refractivity contribution < 1.29 is 23.8 Å². The molecule has 1 N–H and O–H groups in total. The van der Waals surface area contributed by atoms with Gasteiger partial charge in [-0.05, 0) is 53.3 Å². The minimum absolute atomic E-state index is 0.0428. The van der Waals surface area contributed by atoms with Crippen molar-refractivity contribution in [1.82, 2.24) is 19.5 Å². The van der Waals surface area contributed by atoms with Gasteiger partial charge in [0.25, 0.3) is 0 Å². The molecule has 0 bridgehead atoms. The van der Waals surface area contributed by atoms with Crippen LogP contribution in [0.5, 0.6) is 0 Å². The summed E-state index contributed by atoms with van der Waals surface area (Å²) in [6, 6.07) is 0. The third-order valence-electron chi connectivity index (χ3n) is 6.55. The third kappa shape index (κ3) is 7.70. The number of hydrogen-bond donors (Lipinski definition) is 1. The first-order valence-electron chi connectivity index (χ1n) is 14.1. The molecule has 0 radical (unpaired) electrons. The van der Waals surface area contributed by atoms with Gasteiger partial charge < -0.3 is 14.2 Å². The lowest BCUT2D eigenvalue weighted by molar-refractivity contribution is -0.139. The highest BCUT2D eigenvalue weighted by Gasteiger charge is 2.52. The first-order valence-corrected chi connectivity index (χ1v) is 17.8. The van der Waals surface area contributed by atoms with E-state index in [4.69, 9.17) is 24.2 Å². The number of ether oxygens (including phenoxy) is 3. The molecule has 2 aromatic rings. The zero-order valence-electron chi connectivity index (χ0n) is 26.1. The molecule has 0 spiro atoms. The van der Waals surface area contributed by atoms with Gasteiger partial charge in [0, 0.05) is 18.3 Å². The highest BCUT2D eigenvalue weighted by atomic mass is 32.2. The van der Waals surface area contributed by atoms with Crippen LogP contribution in [0.15, 0.2) is 11.4 Å². The molecular weight excluding hydrogens is 546 g/mol. The van der Waals surface area contributed by atoms with E-state index >= 15 is 0 Å². The number of thioether (sulfide) groups is 1. The molecule has 0 aromatic carbocycles. The quantitative estimate of drug-likeness (QED) is 0.239. The van der Waals surface area contributed by atoms with Crippen molar-refractivity contribution in [1.29, 1.82) is 0 Å². The summed E-state index contributed by atoms with van der Waals surface area (Å²) in [5.74, 6) is -0.526. The highest BCUT2D eigenvalue weighted by Crippen LogP contribution is 2.43. The predicted octanol–water partition coefficient (Wildman–Crippen LogP) is 5.16. The molecule has 0 unspecified atom stereocenters. The lowest BCUT2D eigenvalue weighted by atomic mass is 10.1. The monoisotopic (exact) mass is 593 g/mol. The fourth-order valence-electron chi connectivity index (χ4n) is 4.40. The van der Waals surface area contributed by atoms with E-state index in [0.717, 1.165) is 11.8 Å². The Balaban J connectivity index is 2.16. The SMILES string of the molecule is CC(C)C(=O)Nc1nc(SC(=O)C(C)C)c2ncn([C@]3([SiH](C)C)C[C@H](OC(C)(C)C)[C@@H](COC(C)(C)C)O3)c2n1. The summed E-state index contributed by atoms with van der Waals surface area (Å²) in [5, 5.41) is 2.45. The van der Waals surface area contributed by atoms with Crippen molar-refractivity contribution in [3.8, 4) is 0 Å². The van der Waals surface area contributed by atoms with Crippen LogP contribution in [0.2, 0.25) is 13.1 Å². The van der Waals surface area contributed by atoms with E-state index in [2.05, 4.69) is 23.4 Å². The fourth-order valence-corrected chi connectivity index (χ4v) is 7.10. The largest absolute Gasteiger partial charge is 0.373 e. The second-order valence-corrected chi connectivity index (χ2v) is 17.6. The summed E-state index contributed by atoms with van der Waals surface area (Å²) < 4.78 is 21.6. The smallest absolute Gasteiger partial charge is 0.232 e. The molecule has 1 aliphatic rings. The van der Waals surface area contributed by atoms with Crippen LogP contribution < -0.4 is 5.32 Å². The van der Waals surface area contributed by atoms with Gasteiger partial charge in [-0.2, -0.15) is 4.98 Å². The number of carbonyl (C=O) groups excluding carboxylic acids is 2. The van der Waals surface area contributed by atoms with Gasteiger partial charge in [0.05, 0.1) is 39.0 Å². The Morgan fingerprint density at radius 1 is 1.12 bits per heavy atom. The van der Waals surface area contributed by atoms with Gasteiger partial charge in [-0.3, -0.25) is 19.5 Å². The summed E-state index contributed by atoms with van der Waals surface area (Å²) in [7, 11) is -1.65. The van der Waals surface area contributed by atoms with Crippen LogP contribution in [-0.2, 0) is 29.1 Å². The van der Waals surface area contributed by atoms with Crippen LogP contribution in [0.1, 0.15) is 75.7 Å². The molecule has 1 saturated heterocycles. The normalized spacial score (nSPS) is 22.2. The number of aromatic nitrogens is 4. The van der Waals surface area contributed by atoms with E-state index in [9.17, 15) is 9.59 Å². The van der Waals surface area contributed by atoms with Crippen LogP contribution in [0.4, 0.5) is 5.95 Å². The van der Waals surface area contributed by atoms with Gasteiger partial charge in [-0.15, -0.1) is 0 Å². The van der Waals surface area contributed by atoms with Gasteiger partial charge in [0.15, 0.2) is 10.8 Å². The number of nitrogens with zero attached hydrogens (tertiary/aromatic N) is 4. The van der Waals surface area contributed by atoms with Crippen LogP contribution in [0, 0.1) is 11.8 Å². The molecule has 12 heteroatoms. The van der Waals surface area contributed by atoms with Gasteiger partial charge in [0.1, 0.15) is 22.0 Å². The van der Waals surface area contributed by atoms with Gasteiger partial charge >= 0.3 is 0 Å². The molecule has 3 rings (SSSR count). The van der Waals surface area contributed by atoms with Gasteiger partial charge in [-0.1, -0.05) is 40.8 Å². The molecule has 3 atom stereocenters. The predicted molar refractivity (Wildman–Crippen MR) is 161 cm³/mol. The maximum absolute atomic E-state index is 12.7. The highest BCUT2D eigenvalue weighted by molar-refractivity contribution is 8.13. The Bertz CT molecular complexity index is 1220. The van der Waals surface area contributed by atoms with Gasteiger partial charge in [0.2, 0.25) is 11.9 Å². The van der Waals surface area contributed by atoms with E-state index in [-0.39, 0.29) is 52.2 Å². The van der Waals surface area contributed by atoms with Crippen molar-refractivity contribution in [3.63, 3.8) is 0 Å². The topological polar surface area (TPSA) is 117 Å². The molecule has 0 aliphatic carbocycles. The van der Waals surface area contributed by atoms with Gasteiger partial charge in [-0.25, -0.2) is 9.97 Å². The first-order chi connectivity index (χ1) is 18.3. The van der Waals surface area contributed by atoms with Crippen LogP contribution in [-0.4, -0.2) is 69.4 Å². The minimum atomic E-state index is -1.65. The van der Waals surface area contributed by atoms with E-state index in [1.165, 1.54) is 0 Å². The average molecular weight is 594 g/mol. The molecule has 0 saturated carbocycles. The zero-order chi connectivity index (χ0) is 30.2. The Hall–Kier alpha value is -1.86. The van der Waals surface area contributed by atoms with E-state index < -0.39 is 14.1 Å². The van der Waals surface area contributed by atoms with Crippen molar-refractivity contribution >= 4 is 48.7 Å². The number of carbonyl (C=O) groups is 2. The number of nitrogens with one attached hydrogen (secondary N) is 1. The summed E-state index contributed by atoms with van der Waals surface area (Å²) in [6.07, 6.45) is 1.81. The molecule has 10 nitrogen and oxygen atoms in total. The van der Waals surface area contributed by atoms with Crippen molar-refractivity contribution in [2.24, 2.45) is 11.8 Å². The molecule has 2 aromatic heterocycles. The molecule has 1 amide bonds. The summed E-state index contributed by atoms with van der Waals surface area (Å²) >= 11 is 1.02. The molecule has 224 valence electrons. The number of rotatable bonds is 9. The maximum Gasteiger partial charge on any atom is 0.232 e. The van der Waals surface area contributed by atoms with Crippen LogP contribution in [0.3, 0.4) is 0 Å². The van der Waals surface area contributed by atoms with Crippen molar-refractivity contribution in [2.45, 2.75) is 123 Å². The number of hydrogen-bond acceptors (Lipinski definition) is 9. The first kappa shape index (κ1) is 32.6. The number of fused-ring (bicyclic) bond motifs is 1. The minimum Gasteiger partial charge on any atom is -0.373 e. The van der Waals surface area contributed by atoms with E-state index in [1.807, 2.05) is 60.0 Å². The maximum atomic E-state index is 12.7. The second-order valence-electron chi connectivity index (χ2n) is 13.4. The molecule has 1 aliphatic heterocycles. The van der Waals surface area contributed by atoms with Crippen molar-refractivity contribution in [2.75, 3.05) is 11.9 Å². The van der Waals surface area contributed by atoms with Crippen molar-refractivity contribution in [3.05, 3.63) is 6.33 Å². The average Bonchev–Trinajstić information content (AvgIpc) is 3.38. The van der Waals surface area contributed by atoms with Crippen LogP contribution in [0.25, 0.3) is 11.2 Å². The zero-order valence-corrected chi connectivity index (χ0v) is 28.1. The lowest BCUT2D eigenvalue weighted by Gasteiger charge is -2.34. The summed E-state index contributed by atoms with van der Waals surface area (Å²) in [5.41, 5.74) is 0.309. The Labute approximate surface area is 244 Å². The number of amides is 1. The van der Waals surface area contributed by atoms with E-state index in [0.29, 0.717) is 29.2 Å². The standard InChI is InChI=1S/C28H47N5O5SSi/c1-16(2)22(34)31-25-30-21-20(23(32-25)39-24(35)17(3)4)29-15-33(21)28(40(11)12)13-18(37-27(8,9)10)19(38-28)14-36-26(5,6)7/h15-19,40H,13-14H2,1-12H3,(H,30,31,32,34)/t18-,19+,28+/m0/s1. The summed E-state index contributed by atoms with van der Waals surface area (Å²) in [4.78, 5) is 39.3. The Morgan fingerprint density at radius 2 is 1.77 bits per heavy atom. The molecule has 1 fully saturated rings. The number of imidazole rings is 1. The van der Waals surface area contributed by atoms with Crippen LogP contribution >= 0.6 is 11.8 Å². The lowest BCUT2D eigenvalue weighted by Crippen LogP contribution is -2.45. The second kappa shape index (κ2) is 12.2. The molecular formula is C28H47N5O5SSi. The summed E-state index contributed by atoms with van der Waals surface area (Å²) in [6.45, 7) is 24.3. The number of anilines is 1. The molecule has 3 heterocycles. The Morgan fingerprint density at radius 3 is 2.30 bits per heavy atom. The Kier molecular flexibility index (Phi) is 9.93. The van der Waals surface area contributed by atoms with E-state index in [1.54, 1.807) is 20.2 Å². The molecule has 40 heavy (non-hydrogen) atoms.